The maximum absolute atomic E-state index is 12.1. The highest BCUT2D eigenvalue weighted by Gasteiger charge is 2.26. The molecule has 0 saturated carbocycles. The van der Waals surface area contributed by atoms with Crippen LogP contribution in [0.25, 0.3) is 0 Å². The summed E-state index contributed by atoms with van der Waals surface area (Å²) in [6, 6.07) is 5.15. The van der Waals surface area contributed by atoms with Crippen molar-refractivity contribution < 1.29 is 23.8 Å². The summed E-state index contributed by atoms with van der Waals surface area (Å²) in [5, 5.41) is 0. The van der Waals surface area contributed by atoms with Gasteiger partial charge in [0.2, 0.25) is 0 Å². The van der Waals surface area contributed by atoms with Gasteiger partial charge in [0.25, 0.3) is 0 Å². The fraction of sp³-hybridized carbons (Fsp3) is 0.600. The highest BCUT2D eigenvalue weighted by Crippen LogP contribution is 2.28. The first kappa shape index (κ1) is 21.5. The van der Waals surface area contributed by atoms with E-state index in [9.17, 15) is 9.59 Å². The van der Waals surface area contributed by atoms with E-state index in [-0.39, 0.29) is 12.1 Å². The summed E-state index contributed by atoms with van der Waals surface area (Å²) in [5.41, 5.74) is -0.00479. The first-order valence-electron chi connectivity index (χ1n) is 9.18. The summed E-state index contributed by atoms with van der Waals surface area (Å²) < 4.78 is 16.8. The molecule has 150 valence electrons. The number of amides is 1. The molecule has 7 heteroatoms. The summed E-state index contributed by atoms with van der Waals surface area (Å²) in [6.45, 7) is 7.61. The first-order chi connectivity index (χ1) is 12.7. The molecule has 0 spiro atoms. The second-order valence-corrected chi connectivity index (χ2v) is 8.54. The van der Waals surface area contributed by atoms with Crippen molar-refractivity contribution in [2.45, 2.75) is 45.6 Å². The maximum atomic E-state index is 12.1. The Kier molecular flexibility index (Phi) is 7.53. The van der Waals surface area contributed by atoms with E-state index in [0.717, 1.165) is 23.7 Å². The van der Waals surface area contributed by atoms with Gasteiger partial charge >= 0.3 is 12.1 Å². The Labute approximate surface area is 169 Å². The second kappa shape index (κ2) is 9.44. The molecule has 1 aromatic rings. The molecule has 0 atom stereocenters. The average molecular weight is 442 g/mol. The molecule has 1 heterocycles. The van der Waals surface area contributed by atoms with Gasteiger partial charge in [-0.2, -0.15) is 0 Å². The lowest BCUT2D eigenvalue weighted by atomic mass is 9.94. The molecule has 1 aliphatic rings. The Balaban J connectivity index is 1.78. The van der Waals surface area contributed by atoms with Crippen LogP contribution in [0.1, 0.15) is 50.4 Å². The summed E-state index contributed by atoms with van der Waals surface area (Å²) >= 11 is 3.44. The molecule has 0 N–H and O–H groups in total. The van der Waals surface area contributed by atoms with E-state index in [1.54, 1.807) is 23.1 Å². The number of benzene rings is 1. The molecule has 1 aromatic carbocycles. The van der Waals surface area contributed by atoms with Gasteiger partial charge in [-0.15, -0.1) is 0 Å². The summed E-state index contributed by atoms with van der Waals surface area (Å²) in [6.07, 6.45) is 2.54. The average Bonchev–Trinajstić information content (AvgIpc) is 2.61. The van der Waals surface area contributed by atoms with Crippen LogP contribution in [0.3, 0.4) is 0 Å². The maximum Gasteiger partial charge on any atom is 0.410 e. The van der Waals surface area contributed by atoms with Crippen LogP contribution >= 0.6 is 15.9 Å². The van der Waals surface area contributed by atoms with Crippen LogP contribution in [0.2, 0.25) is 0 Å². The first-order valence-corrected chi connectivity index (χ1v) is 9.97. The highest BCUT2D eigenvalue weighted by molar-refractivity contribution is 9.10. The van der Waals surface area contributed by atoms with E-state index in [1.807, 2.05) is 20.8 Å². The van der Waals surface area contributed by atoms with Gasteiger partial charge in [-0.3, -0.25) is 0 Å². The van der Waals surface area contributed by atoms with Crippen LogP contribution in [-0.2, 0) is 9.47 Å². The van der Waals surface area contributed by atoms with E-state index in [0.29, 0.717) is 36.9 Å². The van der Waals surface area contributed by atoms with E-state index < -0.39 is 5.60 Å². The molecule has 0 radical (unpaired) electrons. The molecule has 1 saturated heterocycles. The lowest BCUT2D eigenvalue weighted by molar-refractivity contribution is 0.0177. The van der Waals surface area contributed by atoms with E-state index in [4.69, 9.17) is 14.2 Å². The number of halogens is 1. The molecular formula is C20H28BrNO5. The lowest BCUT2D eigenvalue weighted by Gasteiger charge is -2.33. The zero-order valence-electron chi connectivity index (χ0n) is 16.4. The van der Waals surface area contributed by atoms with E-state index >= 15 is 0 Å². The smallest absolute Gasteiger partial charge is 0.410 e. The minimum Gasteiger partial charge on any atom is -0.492 e. The van der Waals surface area contributed by atoms with Crippen molar-refractivity contribution >= 4 is 28.0 Å². The fourth-order valence-electron chi connectivity index (χ4n) is 2.93. The molecule has 0 bridgehead atoms. The topological polar surface area (TPSA) is 65.1 Å². The van der Waals surface area contributed by atoms with Crippen molar-refractivity contribution in [1.82, 2.24) is 4.90 Å². The summed E-state index contributed by atoms with van der Waals surface area (Å²) in [5.74, 6) is 0.747. The monoisotopic (exact) mass is 441 g/mol. The summed E-state index contributed by atoms with van der Waals surface area (Å²) in [7, 11) is 1.36. The van der Waals surface area contributed by atoms with Crippen LogP contribution in [0.5, 0.6) is 5.75 Å². The van der Waals surface area contributed by atoms with Gasteiger partial charge in [-0.1, -0.05) is 0 Å². The van der Waals surface area contributed by atoms with Crippen molar-refractivity contribution in [3.05, 3.63) is 28.2 Å². The molecular weight excluding hydrogens is 414 g/mol. The van der Waals surface area contributed by atoms with E-state index in [1.165, 1.54) is 7.11 Å². The number of carbonyl (C=O) groups is 2. The third kappa shape index (κ3) is 6.72. The number of ether oxygens (including phenoxy) is 3. The predicted octanol–water partition coefficient (Wildman–Crippen LogP) is 4.65. The van der Waals surface area contributed by atoms with Crippen LogP contribution in [0, 0.1) is 5.92 Å². The van der Waals surface area contributed by atoms with Gasteiger partial charge < -0.3 is 19.1 Å². The molecule has 0 aromatic heterocycles. The summed E-state index contributed by atoms with van der Waals surface area (Å²) in [4.78, 5) is 25.5. The number of hydrogen-bond acceptors (Lipinski definition) is 5. The number of rotatable bonds is 5. The molecule has 1 amide bonds. The molecule has 27 heavy (non-hydrogen) atoms. The quantitative estimate of drug-likeness (QED) is 0.621. The normalized spacial score (nSPS) is 15.4. The SMILES string of the molecule is COC(=O)c1ccc(Br)c(OCCC2CCN(C(=O)OC(C)(C)C)CC2)c1. The van der Waals surface area contributed by atoms with Crippen molar-refractivity contribution in [2.75, 3.05) is 26.8 Å². The Hall–Kier alpha value is -1.76. The minimum atomic E-state index is -0.464. The second-order valence-electron chi connectivity index (χ2n) is 7.68. The molecule has 6 nitrogen and oxygen atoms in total. The van der Waals surface area contributed by atoms with Crippen molar-refractivity contribution in [3.8, 4) is 5.75 Å². The van der Waals surface area contributed by atoms with Crippen molar-refractivity contribution in [1.29, 1.82) is 0 Å². The van der Waals surface area contributed by atoms with Gasteiger partial charge in [-0.25, -0.2) is 9.59 Å². The third-order valence-corrected chi connectivity index (χ3v) is 5.06. The van der Waals surface area contributed by atoms with Gasteiger partial charge in [-0.05, 0) is 80.1 Å². The molecule has 1 aliphatic heterocycles. The van der Waals surface area contributed by atoms with Crippen LogP contribution < -0.4 is 4.74 Å². The molecule has 0 unspecified atom stereocenters. The Morgan fingerprint density at radius 2 is 1.89 bits per heavy atom. The van der Waals surface area contributed by atoms with Crippen LogP contribution in [0.15, 0.2) is 22.7 Å². The van der Waals surface area contributed by atoms with Gasteiger partial charge in [0.15, 0.2) is 0 Å². The Morgan fingerprint density at radius 3 is 2.48 bits per heavy atom. The van der Waals surface area contributed by atoms with E-state index in [2.05, 4.69) is 15.9 Å². The van der Waals surface area contributed by atoms with Crippen molar-refractivity contribution in [3.63, 3.8) is 0 Å². The zero-order chi connectivity index (χ0) is 20.0. The Morgan fingerprint density at radius 1 is 1.22 bits per heavy atom. The van der Waals surface area contributed by atoms with Gasteiger partial charge in [0, 0.05) is 13.1 Å². The minimum absolute atomic E-state index is 0.235. The lowest BCUT2D eigenvalue weighted by Crippen LogP contribution is -2.41. The van der Waals surface area contributed by atoms with Crippen LogP contribution in [0.4, 0.5) is 4.79 Å². The number of methoxy groups -OCH3 is 1. The zero-order valence-corrected chi connectivity index (χ0v) is 18.0. The highest BCUT2D eigenvalue weighted by atomic mass is 79.9. The Bertz CT molecular complexity index is 663. The predicted molar refractivity (Wildman–Crippen MR) is 106 cm³/mol. The molecule has 2 rings (SSSR count). The number of esters is 1. The molecule has 0 aliphatic carbocycles. The number of carbonyl (C=O) groups excluding carboxylic acids is 2. The largest absolute Gasteiger partial charge is 0.492 e. The fourth-order valence-corrected chi connectivity index (χ4v) is 3.29. The number of hydrogen-bond donors (Lipinski definition) is 0. The van der Waals surface area contributed by atoms with Gasteiger partial charge in [0.1, 0.15) is 11.4 Å². The number of likely N-dealkylation sites (tertiary alicyclic amines) is 1. The van der Waals surface area contributed by atoms with Gasteiger partial charge in [0.05, 0.1) is 23.8 Å². The standard InChI is InChI=1S/C20H28BrNO5/c1-20(2,3)27-19(24)22-10-7-14(8-11-22)9-12-26-17-13-15(18(23)25-4)5-6-16(17)21/h5-6,13-14H,7-12H2,1-4H3. The van der Waals surface area contributed by atoms with Crippen molar-refractivity contribution in [2.24, 2.45) is 5.92 Å². The molecule has 1 fully saturated rings. The van der Waals surface area contributed by atoms with Crippen LogP contribution in [-0.4, -0.2) is 49.4 Å². The number of nitrogens with zero attached hydrogens (tertiary/aromatic N) is 1. The number of piperidine rings is 1. The third-order valence-electron chi connectivity index (χ3n) is 4.40.